The summed E-state index contributed by atoms with van der Waals surface area (Å²) in [6, 6.07) is 3.22. The molecule has 0 spiro atoms. The van der Waals surface area contributed by atoms with Gasteiger partial charge in [0.1, 0.15) is 5.41 Å². The minimum absolute atomic E-state index is 0.190. The van der Waals surface area contributed by atoms with Gasteiger partial charge in [-0.3, -0.25) is 4.79 Å². The molecule has 0 bridgehead atoms. The van der Waals surface area contributed by atoms with Crippen LogP contribution >= 0.6 is 0 Å². The lowest BCUT2D eigenvalue weighted by Crippen LogP contribution is -2.55. The molecule has 3 heteroatoms. The SMILES string of the molecule is N#CC1(C(=O)N(C2CCCCC2)C2CCCCC2)CCC1. The molecule has 0 radical (unpaired) electrons. The Balaban J connectivity index is 1.80. The van der Waals surface area contributed by atoms with Crippen LogP contribution in [0.15, 0.2) is 0 Å². The van der Waals surface area contributed by atoms with E-state index in [9.17, 15) is 10.1 Å². The van der Waals surface area contributed by atoms with E-state index in [0.717, 1.165) is 44.9 Å². The Labute approximate surface area is 128 Å². The molecule has 0 aromatic heterocycles. The molecule has 21 heavy (non-hydrogen) atoms. The molecule has 0 aliphatic heterocycles. The van der Waals surface area contributed by atoms with Gasteiger partial charge in [-0.2, -0.15) is 5.26 Å². The summed E-state index contributed by atoms with van der Waals surface area (Å²) in [7, 11) is 0. The third kappa shape index (κ3) is 2.82. The molecule has 3 aliphatic carbocycles. The summed E-state index contributed by atoms with van der Waals surface area (Å²) in [6.07, 6.45) is 14.9. The van der Waals surface area contributed by atoms with Crippen LogP contribution in [0.3, 0.4) is 0 Å². The van der Waals surface area contributed by atoms with Crippen LogP contribution in [-0.4, -0.2) is 22.9 Å². The van der Waals surface area contributed by atoms with Crippen LogP contribution in [-0.2, 0) is 4.79 Å². The van der Waals surface area contributed by atoms with Crippen molar-refractivity contribution in [1.29, 1.82) is 5.26 Å². The molecule has 3 fully saturated rings. The van der Waals surface area contributed by atoms with Gasteiger partial charge >= 0.3 is 0 Å². The topological polar surface area (TPSA) is 44.1 Å². The highest BCUT2D eigenvalue weighted by atomic mass is 16.2. The highest BCUT2D eigenvalue weighted by Crippen LogP contribution is 2.44. The third-order valence-corrected chi connectivity index (χ3v) is 6.00. The smallest absolute Gasteiger partial charge is 0.243 e. The molecule has 0 N–H and O–H groups in total. The first-order chi connectivity index (χ1) is 10.3. The molecule has 0 aromatic carbocycles. The monoisotopic (exact) mass is 288 g/mol. The quantitative estimate of drug-likeness (QED) is 0.782. The van der Waals surface area contributed by atoms with E-state index in [0.29, 0.717) is 12.1 Å². The van der Waals surface area contributed by atoms with Gasteiger partial charge in [0.15, 0.2) is 0 Å². The van der Waals surface area contributed by atoms with Gasteiger partial charge in [-0.15, -0.1) is 0 Å². The maximum absolute atomic E-state index is 13.2. The molecule has 0 aromatic rings. The van der Waals surface area contributed by atoms with Crippen LogP contribution in [0.5, 0.6) is 0 Å². The Hall–Kier alpha value is -1.04. The van der Waals surface area contributed by atoms with E-state index >= 15 is 0 Å². The zero-order chi connectivity index (χ0) is 14.7. The normalized spacial score (nSPS) is 26.6. The second-order valence-corrected chi connectivity index (χ2v) is 7.34. The first-order valence-electron chi connectivity index (χ1n) is 9.01. The molecule has 3 aliphatic rings. The number of hydrogen-bond acceptors (Lipinski definition) is 2. The molecule has 0 atom stereocenters. The Morgan fingerprint density at radius 2 is 1.33 bits per heavy atom. The molecule has 1 amide bonds. The fraction of sp³-hybridized carbons (Fsp3) is 0.889. The van der Waals surface area contributed by atoms with Gasteiger partial charge in [0.25, 0.3) is 0 Å². The van der Waals surface area contributed by atoms with Crippen molar-refractivity contribution in [3.05, 3.63) is 0 Å². The van der Waals surface area contributed by atoms with Gasteiger partial charge in [-0.05, 0) is 44.9 Å². The Bertz CT molecular complexity index is 391. The van der Waals surface area contributed by atoms with E-state index in [4.69, 9.17) is 0 Å². The van der Waals surface area contributed by atoms with Crippen LogP contribution in [0, 0.1) is 16.7 Å². The number of nitrogens with zero attached hydrogens (tertiary/aromatic N) is 2. The van der Waals surface area contributed by atoms with E-state index in [1.807, 2.05) is 0 Å². The van der Waals surface area contributed by atoms with Crippen molar-refractivity contribution in [3.63, 3.8) is 0 Å². The molecule has 116 valence electrons. The Morgan fingerprint density at radius 3 is 1.67 bits per heavy atom. The van der Waals surface area contributed by atoms with Crippen molar-refractivity contribution < 1.29 is 4.79 Å². The molecule has 0 heterocycles. The number of nitriles is 1. The summed E-state index contributed by atoms with van der Waals surface area (Å²) >= 11 is 0. The number of rotatable bonds is 3. The van der Waals surface area contributed by atoms with Gasteiger partial charge in [-0.1, -0.05) is 38.5 Å². The lowest BCUT2D eigenvalue weighted by atomic mass is 9.68. The van der Waals surface area contributed by atoms with E-state index < -0.39 is 5.41 Å². The maximum Gasteiger partial charge on any atom is 0.243 e. The van der Waals surface area contributed by atoms with E-state index in [-0.39, 0.29) is 5.91 Å². The average molecular weight is 288 g/mol. The maximum atomic E-state index is 13.2. The number of carbonyl (C=O) groups is 1. The fourth-order valence-corrected chi connectivity index (χ4v) is 4.50. The van der Waals surface area contributed by atoms with Gasteiger partial charge in [0.05, 0.1) is 6.07 Å². The minimum Gasteiger partial charge on any atom is -0.335 e. The van der Waals surface area contributed by atoms with E-state index in [1.165, 1.54) is 38.5 Å². The molecule has 0 unspecified atom stereocenters. The fourth-order valence-electron chi connectivity index (χ4n) is 4.50. The van der Waals surface area contributed by atoms with Crippen LogP contribution in [0.2, 0.25) is 0 Å². The molecular formula is C18H28N2O. The highest BCUT2D eigenvalue weighted by molar-refractivity contribution is 5.87. The number of amides is 1. The summed E-state index contributed by atoms with van der Waals surface area (Å²) in [5.41, 5.74) is -0.658. The van der Waals surface area contributed by atoms with Crippen LogP contribution < -0.4 is 0 Å². The van der Waals surface area contributed by atoms with Crippen LogP contribution in [0.1, 0.15) is 83.5 Å². The Kier molecular flexibility index (Phi) is 4.52. The summed E-state index contributed by atoms with van der Waals surface area (Å²) < 4.78 is 0. The van der Waals surface area contributed by atoms with Crippen molar-refractivity contribution in [2.75, 3.05) is 0 Å². The summed E-state index contributed by atoms with van der Waals surface area (Å²) in [5.74, 6) is 0.190. The Morgan fingerprint density at radius 1 is 0.857 bits per heavy atom. The lowest BCUT2D eigenvalue weighted by Gasteiger charge is -2.47. The van der Waals surface area contributed by atoms with Gasteiger partial charge in [-0.25, -0.2) is 0 Å². The van der Waals surface area contributed by atoms with Gasteiger partial charge < -0.3 is 4.90 Å². The average Bonchev–Trinajstić information content (AvgIpc) is 2.49. The number of hydrogen-bond donors (Lipinski definition) is 0. The first kappa shape index (κ1) is 14.9. The molecule has 0 saturated heterocycles. The highest BCUT2D eigenvalue weighted by Gasteiger charge is 2.49. The predicted octanol–water partition coefficient (Wildman–Crippen LogP) is 4.17. The van der Waals surface area contributed by atoms with Crippen LogP contribution in [0.25, 0.3) is 0 Å². The second-order valence-electron chi connectivity index (χ2n) is 7.34. The lowest BCUT2D eigenvalue weighted by molar-refractivity contribution is -0.150. The van der Waals surface area contributed by atoms with E-state index in [1.54, 1.807) is 0 Å². The number of carbonyl (C=O) groups excluding carboxylic acids is 1. The zero-order valence-electron chi connectivity index (χ0n) is 13.1. The van der Waals surface area contributed by atoms with Gasteiger partial charge in [0, 0.05) is 12.1 Å². The molecular weight excluding hydrogens is 260 g/mol. The standard InChI is InChI=1S/C18H28N2O/c19-14-18(12-7-13-18)17(21)20(15-8-3-1-4-9-15)16-10-5-2-6-11-16/h15-16H,1-13H2. The van der Waals surface area contributed by atoms with Crippen molar-refractivity contribution in [2.45, 2.75) is 95.6 Å². The van der Waals surface area contributed by atoms with Crippen molar-refractivity contribution in [2.24, 2.45) is 5.41 Å². The second kappa shape index (κ2) is 6.38. The van der Waals surface area contributed by atoms with Crippen molar-refractivity contribution in [3.8, 4) is 6.07 Å². The molecule has 3 rings (SSSR count). The van der Waals surface area contributed by atoms with Crippen molar-refractivity contribution >= 4 is 5.91 Å². The summed E-state index contributed by atoms with van der Waals surface area (Å²) in [4.78, 5) is 15.4. The third-order valence-electron chi connectivity index (χ3n) is 6.00. The molecule has 3 nitrogen and oxygen atoms in total. The molecule has 3 saturated carbocycles. The van der Waals surface area contributed by atoms with Gasteiger partial charge in [0.2, 0.25) is 5.91 Å². The summed E-state index contributed by atoms with van der Waals surface area (Å²) in [6.45, 7) is 0. The zero-order valence-corrected chi connectivity index (χ0v) is 13.1. The van der Waals surface area contributed by atoms with Crippen molar-refractivity contribution in [1.82, 2.24) is 4.90 Å². The summed E-state index contributed by atoms with van der Waals surface area (Å²) in [5, 5.41) is 9.56. The van der Waals surface area contributed by atoms with Crippen LogP contribution in [0.4, 0.5) is 0 Å². The minimum atomic E-state index is -0.658. The first-order valence-corrected chi connectivity index (χ1v) is 9.01. The predicted molar refractivity (Wildman–Crippen MR) is 82.5 cm³/mol. The largest absolute Gasteiger partial charge is 0.335 e. The van der Waals surface area contributed by atoms with E-state index in [2.05, 4.69) is 11.0 Å².